The minimum absolute atomic E-state index is 0.0604. The molecule has 0 spiro atoms. The van der Waals surface area contributed by atoms with E-state index in [4.69, 9.17) is 16.3 Å². The highest BCUT2D eigenvalue weighted by atomic mass is 35.5. The van der Waals surface area contributed by atoms with Crippen LogP contribution >= 0.6 is 11.6 Å². The van der Waals surface area contributed by atoms with E-state index in [1.807, 2.05) is 37.3 Å². The van der Waals surface area contributed by atoms with E-state index < -0.39 is 9.84 Å². The molecule has 0 saturated carbocycles. The predicted octanol–water partition coefficient (Wildman–Crippen LogP) is 3.08. The Morgan fingerprint density at radius 3 is 2.52 bits per heavy atom. The normalized spacial score (nSPS) is 12.6. The Balaban J connectivity index is 1.93. The monoisotopic (exact) mass is 381 g/mol. The number of hydrogen-bond acceptors (Lipinski definition) is 4. The van der Waals surface area contributed by atoms with Gasteiger partial charge in [0.2, 0.25) is 0 Å². The number of carbonyl (C=O) groups excluding carboxylic acids is 1. The Morgan fingerprint density at radius 1 is 1.20 bits per heavy atom. The summed E-state index contributed by atoms with van der Waals surface area (Å²) in [5.41, 5.74) is 1.29. The number of halogens is 1. The van der Waals surface area contributed by atoms with Crippen molar-refractivity contribution in [1.29, 1.82) is 0 Å². The fourth-order valence-electron chi connectivity index (χ4n) is 2.21. The first-order valence-corrected chi connectivity index (χ1v) is 9.96. The van der Waals surface area contributed by atoms with Gasteiger partial charge in [0.1, 0.15) is 0 Å². The third-order valence-electron chi connectivity index (χ3n) is 3.45. The molecule has 0 aliphatic rings. The Hall–Kier alpha value is -1.89. The maximum Gasteiger partial charge on any atom is 0.251 e. The topological polar surface area (TPSA) is 72.5 Å². The van der Waals surface area contributed by atoms with Crippen molar-refractivity contribution in [1.82, 2.24) is 5.32 Å². The summed E-state index contributed by atoms with van der Waals surface area (Å²) in [6.07, 6.45) is 1.05. The number of ether oxygens (including phenoxy) is 1. The average molecular weight is 382 g/mol. The molecular formula is C18H20ClNO4S. The van der Waals surface area contributed by atoms with Gasteiger partial charge in [-0.05, 0) is 30.7 Å². The van der Waals surface area contributed by atoms with Crippen LogP contribution in [0.1, 0.15) is 22.8 Å². The van der Waals surface area contributed by atoms with Crippen molar-refractivity contribution in [2.45, 2.75) is 24.5 Å². The van der Waals surface area contributed by atoms with Crippen molar-refractivity contribution < 1.29 is 17.9 Å². The molecule has 0 heterocycles. The van der Waals surface area contributed by atoms with E-state index in [2.05, 4.69) is 5.32 Å². The molecule has 7 heteroatoms. The third kappa shape index (κ3) is 5.85. The van der Waals surface area contributed by atoms with Gasteiger partial charge < -0.3 is 10.1 Å². The molecule has 0 aliphatic heterocycles. The van der Waals surface area contributed by atoms with Gasteiger partial charge in [-0.25, -0.2) is 8.42 Å². The number of nitrogens with one attached hydrogen (secondary N) is 1. The highest BCUT2D eigenvalue weighted by Crippen LogP contribution is 2.22. The highest BCUT2D eigenvalue weighted by Gasteiger charge is 2.17. The second kappa shape index (κ2) is 8.47. The van der Waals surface area contributed by atoms with Gasteiger partial charge in [0.05, 0.1) is 23.1 Å². The van der Waals surface area contributed by atoms with Gasteiger partial charge in [-0.1, -0.05) is 41.9 Å². The van der Waals surface area contributed by atoms with Crippen molar-refractivity contribution in [3.05, 3.63) is 64.7 Å². The van der Waals surface area contributed by atoms with Gasteiger partial charge in [-0.15, -0.1) is 0 Å². The van der Waals surface area contributed by atoms with Crippen LogP contribution in [0.15, 0.2) is 53.4 Å². The largest absolute Gasteiger partial charge is 0.375 e. The standard InChI is InChI=1S/C18H20ClNO4S/c1-13(11-24-12-14-6-4-3-5-7-14)20-18(21)15-8-9-16(19)17(10-15)25(2,22)23/h3-10,13H,11-12H2,1-2H3,(H,20,21). The second-order valence-electron chi connectivity index (χ2n) is 5.79. The molecule has 1 atom stereocenters. The van der Waals surface area contributed by atoms with Gasteiger partial charge >= 0.3 is 0 Å². The Morgan fingerprint density at radius 2 is 1.88 bits per heavy atom. The third-order valence-corrected chi connectivity index (χ3v) is 5.03. The molecule has 0 fully saturated rings. The van der Waals surface area contributed by atoms with Crippen LogP contribution in [-0.4, -0.2) is 33.2 Å². The molecule has 134 valence electrons. The van der Waals surface area contributed by atoms with Crippen molar-refractivity contribution in [3.63, 3.8) is 0 Å². The fourth-order valence-corrected chi connectivity index (χ4v) is 3.51. The number of amides is 1. The zero-order valence-electron chi connectivity index (χ0n) is 14.0. The second-order valence-corrected chi connectivity index (χ2v) is 8.18. The molecule has 1 N–H and O–H groups in total. The zero-order chi connectivity index (χ0) is 18.4. The lowest BCUT2D eigenvalue weighted by molar-refractivity contribution is 0.0820. The first kappa shape index (κ1) is 19.4. The van der Waals surface area contributed by atoms with Crippen molar-refractivity contribution >= 4 is 27.3 Å². The molecule has 0 aliphatic carbocycles. The molecule has 25 heavy (non-hydrogen) atoms. The molecule has 0 saturated heterocycles. The molecule has 2 aromatic rings. The van der Waals surface area contributed by atoms with Crippen LogP contribution in [0.5, 0.6) is 0 Å². The van der Waals surface area contributed by atoms with Gasteiger partial charge in [-0.2, -0.15) is 0 Å². The molecule has 2 aromatic carbocycles. The quantitative estimate of drug-likeness (QED) is 0.799. The molecule has 0 radical (unpaired) electrons. The summed E-state index contributed by atoms with van der Waals surface area (Å²) in [4.78, 5) is 12.2. The van der Waals surface area contributed by atoms with Crippen LogP contribution < -0.4 is 5.32 Å². The minimum Gasteiger partial charge on any atom is -0.375 e. The van der Waals surface area contributed by atoms with E-state index in [0.717, 1.165) is 11.8 Å². The van der Waals surface area contributed by atoms with E-state index in [1.54, 1.807) is 0 Å². The van der Waals surface area contributed by atoms with E-state index in [1.165, 1.54) is 18.2 Å². The summed E-state index contributed by atoms with van der Waals surface area (Å²) in [7, 11) is -3.50. The Labute approximate surface area is 152 Å². The van der Waals surface area contributed by atoms with Gasteiger partial charge in [-0.3, -0.25) is 4.79 Å². The van der Waals surface area contributed by atoms with Crippen LogP contribution in [0.3, 0.4) is 0 Å². The van der Waals surface area contributed by atoms with E-state index in [-0.39, 0.29) is 27.4 Å². The van der Waals surface area contributed by atoms with Crippen LogP contribution in [0.25, 0.3) is 0 Å². The van der Waals surface area contributed by atoms with Crippen LogP contribution in [-0.2, 0) is 21.2 Å². The molecular weight excluding hydrogens is 362 g/mol. The van der Waals surface area contributed by atoms with Crippen LogP contribution in [0.4, 0.5) is 0 Å². The lowest BCUT2D eigenvalue weighted by Crippen LogP contribution is -2.35. The molecule has 1 amide bonds. The van der Waals surface area contributed by atoms with E-state index in [0.29, 0.717) is 13.2 Å². The van der Waals surface area contributed by atoms with E-state index in [9.17, 15) is 13.2 Å². The van der Waals surface area contributed by atoms with Gasteiger partial charge in [0.15, 0.2) is 9.84 Å². The maximum absolute atomic E-state index is 12.3. The maximum atomic E-state index is 12.3. The smallest absolute Gasteiger partial charge is 0.251 e. The fraction of sp³-hybridized carbons (Fsp3) is 0.278. The highest BCUT2D eigenvalue weighted by molar-refractivity contribution is 7.90. The molecule has 5 nitrogen and oxygen atoms in total. The first-order chi connectivity index (χ1) is 11.8. The Kier molecular flexibility index (Phi) is 6.58. The lowest BCUT2D eigenvalue weighted by Gasteiger charge is -2.15. The number of rotatable bonds is 7. The number of benzene rings is 2. The van der Waals surface area contributed by atoms with Crippen LogP contribution in [0, 0.1) is 0 Å². The van der Waals surface area contributed by atoms with Gasteiger partial charge in [0, 0.05) is 17.9 Å². The summed E-state index contributed by atoms with van der Waals surface area (Å²) < 4.78 is 29.0. The predicted molar refractivity (Wildman–Crippen MR) is 97.6 cm³/mol. The summed E-state index contributed by atoms with van der Waals surface area (Å²) in [6, 6.07) is 13.7. The number of sulfone groups is 1. The molecule has 0 bridgehead atoms. The van der Waals surface area contributed by atoms with Gasteiger partial charge in [0.25, 0.3) is 5.91 Å². The average Bonchev–Trinajstić information content (AvgIpc) is 2.55. The minimum atomic E-state index is -3.50. The molecule has 2 rings (SSSR count). The summed E-state index contributed by atoms with van der Waals surface area (Å²) >= 11 is 5.89. The zero-order valence-corrected chi connectivity index (χ0v) is 15.6. The summed E-state index contributed by atoms with van der Waals surface area (Å²) in [6.45, 7) is 2.61. The molecule has 0 aromatic heterocycles. The summed E-state index contributed by atoms with van der Waals surface area (Å²) in [5, 5.41) is 2.87. The SMILES string of the molecule is CC(COCc1ccccc1)NC(=O)c1ccc(Cl)c(S(C)(=O)=O)c1. The van der Waals surface area contributed by atoms with Crippen LogP contribution in [0.2, 0.25) is 5.02 Å². The van der Waals surface area contributed by atoms with Crippen molar-refractivity contribution in [3.8, 4) is 0 Å². The van der Waals surface area contributed by atoms with E-state index >= 15 is 0 Å². The lowest BCUT2D eigenvalue weighted by atomic mass is 10.2. The number of hydrogen-bond donors (Lipinski definition) is 1. The summed E-state index contributed by atoms with van der Waals surface area (Å²) in [5.74, 6) is -0.377. The Bertz CT molecular complexity index is 837. The van der Waals surface area contributed by atoms with Crippen molar-refractivity contribution in [2.24, 2.45) is 0 Å². The number of carbonyl (C=O) groups is 1. The van der Waals surface area contributed by atoms with Crippen molar-refractivity contribution in [2.75, 3.05) is 12.9 Å². The molecule has 1 unspecified atom stereocenters. The first-order valence-electron chi connectivity index (χ1n) is 7.69.